The molecule has 1 aliphatic carbocycles. The van der Waals surface area contributed by atoms with Gasteiger partial charge in [0.2, 0.25) is 5.88 Å². The zero-order valence-electron chi connectivity index (χ0n) is 21.0. The predicted molar refractivity (Wildman–Crippen MR) is 153 cm³/mol. The number of rotatable bonds is 12. The van der Waals surface area contributed by atoms with Crippen molar-refractivity contribution in [1.29, 1.82) is 5.26 Å². The van der Waals surface area contributed by atoms with E-state index in [2.05, 4.69) is 33.2 Å². The minimum absolute atomic E-state index is 0.0272. The summed E-state index contributed by atoms with van der Waals surface area (Å²) in [6.07, 6.45) is 7.99. The lowest BCUT2D eigenvalue weighted by Crippen LogP contribution is -2.32. The van der Waals surface area contributed by atoms with E-state index in [9.17, 15) is 9.59 Å². The molecule has 1 aromatic carbocycles. The Kier molecular flexibility index (Phi) is 9.08. The van der Waals surface area contributed by atoms with Gasteiger partial charge in [0.15, 0.2) is 0 Å². The van der Waals surface area contributed by atoms with Gasteiger partial charge in [0.1, 0.15) is 17.7 Å². The van der Waals surface area contributed by atoms with Gasteiger partial charge < -0.3 is 14.6 Å². The number of pyridine rings is 2. The summed E-state index contributed by atoms with van der Waals surface area (Å²) in [6, 6.07) is 12.4. The molecular weight excluding hydrogens is 527 g/mol. The van der Waals surface area contributed by atoms with Crippen LogP contribution in [0.3, 0.4) is 0 Å². The number of nitriles is 1. The predicted octanol–water partition coefficient (Wildman–Crippen LogP) is 4.24. The molecule has 11 heteroatoms. The summed E-state index contributed by atoms with van der Waals surface area (Å²) in [4.78, 5) is 30.4. The molecule has 1 aliphatic rings. The van der Waals surface area contributed by atoms with E-state index < -0.39 is 11.5 Å². The van der Waals surface area contributed by atoms with Gasteiger partial charge in [-0.2, -0.15) is 5.26 Å². The second kappa shape index (κ2) is 12.3. The molecule has 2 aromatic heterocycles. The highest BCUT2D eigenvalue weighted by Gasteiger charge is 2.46. The van der Waals surface area contributed by atoms with Crippen molar-refractivity contribution in [3.05, 3.63) is 69.6 Å². The van der Waals surface area contributed by atoms with Crippen molar-refractivity contribution >= 4 is 52.3 Å². The molecule has 194 valence electrons. The molecule has 0 unspecified atom stereocenters. The summed E-state index contributed by atoms with van der Waals surface area (Å²) < 4.78 is 10.0. The molecule has 0 radical (unpaired) electrons. The lowest BCUT2D eigenvalue weighted by Gasteiger charge is -2.25. The maximum absolute atomic E-state index is 13.1. The Morgan fingerprint density at radius 1 is 1.22 bits per heavy atom. The number of aromatic nitrogens is 2. The molecule has 1 fully saturated rings. The number of thioether (sulfide) groups is 2. The quantitative estimate of drug-likeness (QED) is 0.260. The molecule has 1 N–H and O–H groups in total. The molecule has 37 heavy (non-hydrogen) atoms. The molecule has 0 spiro atoms. The number of carbonyl (C=O) groups is 1. The van der Waals surface area contributed by atoms with E-state index in [1.54, 1.807) is 73.2 Å². The topological polar surface area (TPSA) is 100 Å². The number of amides is 1. The zero-order chi connectivity index (χ0) is 26.4. The maximum Gasteiger partial charge on any atom is 0.263 e. The van der Waals surface area contributed by atoms with Gasteiger partial charge in [0.25, 0.3) is 11.5 Å². The normalized spacial score (nSPS) is 13.9. The van der Waals surface area contributed by atoms with Gasteiger partial charge in [-0.3, -0.25) is 9.59 Å². The van der Waals surface area contributed by atoms with Crippen LogP contribution in [0, 0.1) is 11.3 Å². The van der Waals surface area contributed by atoms with Crippen LogP contribution in [-0.4, -0.2) is 55.4 Å². The van der Waals surface area contributed by atoms with Crippen LogP contribution < -0.4 is 15.6 Å². The van der Waals surface area contributed by atoms with Crippen LogP contribution in [0.1, 0.15) is 34.3 Å². The largest absolute Gasteiger partial charge is 0.475 e. The number of fused-ring (bicyclic) bond motifs is 1. The van der Waals surface area contributed by atoms with E-state index in [1.165, 1.54) is 4.57 Å². The van der Waals surface area contributed by atoms with Crippen molar-refractivity contribution in [1.82, 2.24) is 19.2 Å². The van der Waals surface area contributed by atoms with E-state index in [1.807, 2.05) is 11.9 Å². The lowest BCUT2D eigenvalue weighted by molar-refractivity contribution is 0.0949. The number of nitrogens with zero attached hydrogens (tertiary/aromatic N) is 4. The van der Waals surface area contributed by atoms with Gasteiger partial charge in [0.05, 0.1) is 28.1 Å². The van der Waals surface area contributed by atoms with Crippen LogP contribution in [0.15, 0.2) is 47.4 Å². The van der Waals surface area contributed by atoms with Crippen LogP contribution in [-0.2, 0) is 13.6 Å². The molecule has 4 rings (SSSR count). The van der Waals surface area contributed by atoms with Crippen LogP contribution in [0.25, 0.3) is 10.9 Å². The molecule has 0 saturated heterocycles. The fourth-order valence-corrected chi connectivity index (χ4v) is 6.77. The Hall–Kier alpha value is -2.65. The highest BCUT2D eigenvalue weighted by Crippen LogP contribution is 2.50. The van der Waals surface area contributed by atoms with Gasteiger partial charge >= 0.3 is 0 Å². The molecule has 1 saturated carbocycles. The number of aryl methyl sites for hydroxylation is 1. The molecule has 8 nitrogen and oxygen atoms in total. The smallest absolute Gasteiger partial charge is 0.263 e. The summed E-state index contributed by atoms with van der Waals surface area (Å²) in [7, 11) is 1.64. The van der Waals surface area contributed by atoms with Crippen molar-refractivity contribution in [3.8, 4) is 11.9 Å². The summed E-state index contributed by atoms with van der Waals surface area (Å²) in [6.45, 7) is 0.754. The third-order valence-electron chi connectivity index (χ3n) is 6.02. The first kappa shape index (κ1) is 27.4. The Morgan fingerprint density at radius 3 is 2.54 bits per heavy atom. The summed E-state index contributed by atoms with van der Waals surface area (Å²) in [5, 5.41) is 12.4. The van der Waals surface area contributed by atoms with Crippen molar-refractivity contribution < 1.29 is 9.53 Å². The SMILES string of the molecule is CSCN(CSC)SC1(COc2nccc3cc(C(=O)NCc4ccc(C#N)cc4)c(=O)n(C)c23)CC1. The molecule has 2 heterocycles. The second-order valence-corrected chi connectivity index (χ2v) is 12.1. The Balaban J connectivity index is 1.49. The summed E-state index contributed by atoms with van der Waals surface area (Å²) >= 11 is 5.46. The number of nitrogens with one attached hydrogen (secondary N) is 1. The van der Waals surface area contributed by atoms with Crippen molar-refractivity contribution in [2.24, 2.45) is 7.05 Å². The minimum Gasteiger partial charge on any atom is -0.475 e. The van der Waals surface area contributed by atoms with Crippen molar-refractivity contribution in [2.75, 3.05) is 30.9 Å². The molecule has 3 aromatic rings. The van der Waals surface area contributed by atoms with E-state index >= 15 is 0 Å². The van der Waals surface area contributed by atoms with E-state index in [0.29, 0.717) is 29.0 Å². The number of hydrogen-bond acceptors (Lipinski definition) is 9. The van der Waals surface area contributed by atoms with Crippen molar-refractivity contribution in [2.45, 2.75) is 24.1 Å². The fourth-order valence-electron chi connectivity index (χ4n) is 3.90. The molecule has 0 atom stereocenters. The first-order valence-electron chi connectivity index (χ1n) is 11.7. The second-order valence-electron chi connectivity index (χ2n) is 8.85. The maximum atomic E-state index is 13.1. The first-order chi connectivity index (χ1) is 17.9. The number of benzene rings is 1. The minimum atomic E-state index is -0.456. The monoisotopic (exact) mass is 555 g/mol. The zero-order valence-corrected chi connectivity index (χ0v) is 23.5. The summed E-state index contributed by atoms with van der Waals surface area (Å²) in [5.41, 5.74) is 1.60. The standard InChI is InChI=1S/C26H29N5O3S3/c1-30-22-20(12-21(25(30)33)23(32)29-14-19-6-4-18(13-27)5-7-19)8-11-28-24(22)34-15-26(9-10-26)37-31(16-35-2)17-36-3/h4-8,11-12H,9-10,14-17H2,1-3H3,(H,29,32). The third kappa shape index (κ3) is 6.62. The van der Waals surface area contributed by atoms with Crippen LogP contribution in [0.5, 0.6) is 5.88 Å². The highest BCUT2D eigenvalue weighted by molar-refractivity contribution is 8.03. The van der Waals surface area contributed by atoms with Crippen LogP contribution in [0.2, 0.25) is 0 Å². The highest BCUT2D eigenvalue weighted by atomic mass is 32.2. The average Bonchev–Trinajstić information content (AvgIpc) is 3.68. The van der Waals surface area contributed by atoms with E-state index in [0.717, 1.165) is 30.2 Å². The van der Waals surface area contributed by atoms with E-state index in [4.69, 9.17) is 10.00 Å². The van der Waals surface area contributed by atoms with Gasteiger partial charge in [-0.05, 0) is 55.2 Å². The van der Waals surface area contributed by atoms with Gasteiger partial charge in [0, 0.05) is 25.2 Å². The Morgan fingerprint density at radius 2 is 1.92 bits per heavy atom. The number of hydrogen-bond donors (Lipinski definition) is 1. The van der Waals surface area contributed by atoms with Gasteiger partial charge in [-0.25, -0.2) is 9.29 Å². The van der Waals surface area contributed by atoms with Crippen LogP contribution in [0.4, 0.5) is 0 Å². The lowest BCUT2D eigenvalue weighted by atomic mass is 10.1. The third-order valence-corrected chi connectivity index (χ3v) is 8.92. The Bertz CT molecular complexity index is 1360. The number of ether oxygens (including phenoxy) is 1. The molecule has 0 bridgehead atoms. The van der Waals surface area contributed by atoms with Crippen molar-refractivity contribution in [3.63, 3.8) is 0 Å². The van der Waals surface area contributed by atoms with Gasteiger partial charge in [-0.15, -0.1) is 23.5 Å². The average molecular weight is 556 g/mol. The number of carbonyl (C=O) groups excluding carboxylic acids is 1. The van der Waals surface area contributed by atoms with E-state index in [-0.39, 0.29) is 16.9 Å². The first-order valence-corrected chi connectivity index (χ1v) is 15.3. The summed E-state index contributed by atoms with van der Waals surface area (Å²) in [5.74, 6) is 1.84. The molecular formula is C26H29N5O3S3. The fraction of sp³-hybridized carbons (Fsp3) is 0.385. The van der Waals surface area contributed by atoms with Crippen LogP contribution >= 0.6 is 35.5 Å². The molecule has 0 aliphatic heterocycles. The Labute approximate surface area is 229 Å². The van der Waals surface area contributed by atoms with Gasteiger partial charge in [-0.1, -0.05) is 24.1 Å². The molecule has 1 amide bonds.